The lowest BCUT2D eigenvalue weighted by Gasteiger charge is -2.40. The van der Waals surface area contributed by atoms with Gasteiger partial charge < -0.3 is 25.0 Å². The van der Waals surface area contributed by atoms with Gasteiger partial charge in [0.1, 0.15) is 11.9 Å². The summed E-state index contributed by atoms with van der Waals surface area (Å²) < 4.78 is 27.6. The zero-order valence-electron chi connectivity index (χ0n) is 21.4. The molecule has 2 saturated heterocycles. The summed E-state index contributed by atoms with van der Waals surface area (Å²) >= 11 is 0. The number of benzene rings is 1. The third kappa shape index (κ3) is 4.95. The van der Waals surface area contributed by atoms with Crippen molar-refractivity contribution in [3.8, 4) is 0 Å². The lowest BCUT2D eigenvalue weighted by Crippen LogP contribution is -2.51. The van der Waals surface area contributed by atoms with E-state index in [4.69, 9.17) is 9.47 Å². The minimum absolute atomic E-state index is 0.0359. The molecule has 0 radical (unpaired) electrons. The predicted octanol–water partition coefficient (Wildman–Crippen LogP) is 3.60. The maximum Gasteiger partial charge on any atom is 0.255 e. The Morgan fingerprint density at radius 2 is 2.03 bits per heavy atom. The van der Waals surface area contributed by atoms with Crippen molar-refractivity contribution in [2.75, 3.05) is 13.7 Å². The average Bonchev–Trinajstić information content (AvgIpc) is 3.20. The van der Waals surface area contributed by atoms with E-state index in [1.54, 1.807) is 19.2 Å². The molecule has 1 aliphatic carbocycles. The molecule has 7 nitrogen and oxygen atoms in total. The standard InChI is InChI=1S/C28H38FN3O4/c1-17-6-9-23(26(33)30-17)32-16-21-20(27(32)34)8-7-18(25(21)29)15-24-22(5-4-14-36-24)31-19-10-12-28(2,35-3)13-11-19/h7-8,19,22-24,31H,1,4-6,9-16H2,2-3H3,(H,30,33)/t19?,22-,23?,24+,28?/m0/s1. The summed E-state index contributed by atoms with van der Waals surface area (Å²) in [6, 6.07) is 3.42. The number of allylic oxidation sites excluding steroid dienone is 1. The lowest BCUT2D eigenvalue weighted by atomic mass is 9.82. The summed E-state index contributed by atoms with van der Waals surface area (Å²) in [5, 5.41) is 6.54. The van der Waals surface area contributed by atoms with Crippen LogP contribution in [0, 0.1) is 5.82 Å². The van der Waals surface area contributed by atoms with Gasteiger partial charge >= 0.3 is 0 Å². The molecule has 5 rings (SSSR count). The first-order chi connectivity index (χ1) is 17.3. The number of nitrogens with zero attached hydrogens (tertiary/aromatic N) is 1. The van der Waals surface area contributed by atoms with Crippen molar-refractivity contribution in [2.45, 2.75) is 101 Å². The maximum atomic E-state index is 15.7. The molecular weight excluding hydrogens is 461 g/mol. The highest BCUT2D eigenvalue weighted by atomic mass is 19.1. The van der Waals surface area contributed by atoms with E-state index in [1.807, 2.05) is 0 Å². The maximum absolute atomic E-state index is 15.7. The van der Waals surface area contributed by atoms with E-state index in [0.717, 1.165) is 38.5 Å². The molecular formula is C28H38FN3O4. The minimum atomic E-state index is -0.594. The molecule has 3 aliphatic heterocycles. The van der Waals surface area contributed by atoms with Crippen LogP contribution in [0.4, 0.5) is 4.39 Å². The summed E-state index contributed by atoms with van der Waals surface area (Å²) in [4.78, 5) is 27.0. The number of hydrogen-bond donors (Lipinski definition) is 2. The number of carbonyl (C=O) groups excluding carboxylic acids is 2. The number of methoxy groups -OCH3 is 1. The zero-order valence-corrected chi connectivity index (χ0v) is 21.4. The Kier molecular flexibility index (Phi) is 7.21. The van der Waals surface area contributed by atoms with Crippen molar-refractivity contribution in [3.05, 3.63) is 46.9 Å². The van der Waals surface area contributed by atoms with E-state index in [9.17, 15) is 9.59 Å². The second kappa shape index (κ2) is 10.2. The Labute approximate surface area is 212 Å². The summed E-state index contributed by atoms with van der Waals surface area (Å²) in [5.41, 5.74) is 1.94. The van der Waals surface area contributed by atoms with Gasteiger partial charge in [0.15, 0.2) is 0 Å². The number of carbonyl (C=O) groups is 2. The first-order valence-electron chi connectivity index (χ1n) is 13.3. The van der Waals surface area contributed by atoms with Gasteiger partial charge in [0.2, 0.25) is 5.91 Å². The van der Waals surface area contributed by atoms with Crippen molar-refractivity contribution >= 4 is 11.8 Å². The van der Waals surface area contributed by atoms with Gasteiger partial charge in [0, 0.05) is 49.0 Å². The molecule has 36 heavy (non-hydrogen) atoms. The fraction of sp³-hybridized carbons (Fsp3) is 0.643. The molecule has 1 unspecified atom stereocenters. The largest absolute Gasteiger partial charge is 0.379 e. The topological polar surface area (TPSA) is 79.9 Å². The quantitative estimate of drug-likeness (QED) is 0.625. The molecule has 2 amide bonds. The Hall–Kier alpha value is -2.29. The third-order valence-corrected chi connectivity index (χ3v) is 8.69. The van der Waals surface area contributed by atoms with Crippen LogP contribution in [0.2, 0.25) is 0 Å². The fourth-order valence-electron chi connectivity index (χ4n) is 6.24. The highest BCUT2D eigenvalue weighted by Crippen LogP contribution is 2.34. The summed E-state index contributed by atoms with van der Waals surface area (Å²) in [7, 11) is 1.79. The van der Waals surface area contributed by atoms with Crippen LogP contribution in [-0.4, -0.2) is 60.3 Å². The van der Waals surface area contributed by atoms with Crippen LogP contribution in [0.15, 0.2) is 24.4 Å². The van der Waals surface area contributed by atoms with E-state index < -0.39 is 6.04 Å². The van der Waals surface area contributed by atoms with E-state index in [2.05, 4.69) is 24.1 Å². The van der Waals surface area contributed by atoms with E-state index in [0.29, 0.717) is 54.3 Å². The first kappa shape index (κ1) is 25.4. The van der Waals surface area contributed by atoms with Gasteiger partial charge in [0.25, 0.3) is 5.91 Å². The molecule has 1 saturated carbocycles. The number of hydrogen-bond acceptors (Lipinski definition) is 5. The molecule has 2 N–H and O–H groups in total. The number of fused-ring (bicyclic) bond motifs is 1. The summed E-state index contributed by atoms with van der Waals surface area (Å²) in [6.45, 7) is 6.77. The SMILES string of the molecule is C=C1CCC(N2Cc3c(ccc(C[C@H]4OCCC[C@@H]4NC4CCC(C)(OC)CC4)c3F)C2=O)C(=O)N1. The highest BCUT2D eigenvalue weighted by Gasteiger charge is 2.40. The normalized spacial score (nSPS) is 33.0. The van der Waals surface area contributed by atoms with Crippen LogP contribution in [0.5, 0.6) is 0 Å². The summed E-state index contributed by atoms with van der Waals surface area (Å²) in [6.07, 6.45) is 7.61. The van der Waals surface area contributed by atoms with Gasteiger partial charge in [-0.25, -0.2) is 4.39 Å². The molecule has 1 aromatic rings. The van der Waals surface area contributed by atoms with E-state index in [1.165, 1.54) is 4.90 Å². The first-order valence-corrected chi connectivity index (χ1v) is 13.3. The predicted molar refractivity (Wildman–Crippen MR) is 134 cm³/mol. The zero-order chi connectivity index (χ0) is 25.4. The monoisotopic (exact) mass is 499 g/mol. The lowest BCUT2D eigenvalue weighted by molar-refractivity contribution is -0.126. The van der Waals surface area contributed by atoms with Gasteiger partial charge in [-0.3, -0.25) is 9.59 Å². The minimum Gasteiger partial charge on any atom is -0.379 e. The van der Waals surface area contributed by atoms with Gasteiger partial charge in [-0.15, -0.1) is 0 Å². The van der Waals surface area contributed by atoms with Crippen LogP contribution >= 0.6 is 0 Å². The number of ether oxygens (including phenoxy) is 2. The van der Waals surface area contributed by atoms with Crippen LogP contribution in [-0.2, 0) is 27.2 Å². The Morgan fingerprint density at radius 1 is 1.25 bits per heavy atom. The average molecular weight is 500 g/mol. The highest BCUT2D eigenvalue weighted by molar-refractivity contribution is 6.01. The van der Waals surface area contributed by atoms with E-state index >= 15 is 4.39 Å². The number of amides is 2. The molecule has 196 valence electrons. The van der Waals surface area contributed by atoms with E-state index in [-0.39, 0.29) is 41.9 Å². The van der Waals surface area contributed by atoms with Crippen molar-refractivity contribution in [3.63, 3.8) is 0 Å². The van der Waals surface area contributed by atoms with Crippen LogP contribution < -0.4 is 10.6 Å². The molecule has 3 heterocycles. The second-order valence-corrected chi connectivity index (χ2v) is 11.1. The summed E-state index contributed by atoms with van der Waals surface area (Å²) in [5.74, 6) is -0.867. The van der Waals surface area contributed by atoms with Crippen LogP contribution in [0.25, 0.3) is 0 Å². The molecule has 0 bridgehead atoms. The number of rotatable bonds is 6. The smallest absolute Gasteiger partial charge is 0.255 e. The Balaban J connectivity index is 1.27. The molecule has 0 spiro atoms. The molecule has 1 aromatic carbocycles. The van der Waals surface area contributed by atoms with Crippen molar-refractivity contribution in [1.29, 1.82) is 0 Å². The molecule has 3 fully saturated rings. The molecule has 0 aromatic heterocycles. The van der Waals surface area contributed by atoms with Crippen LogP contribution in [0.1, 0.15) is 79.8 Å². The number of piperidine rings is 1. The second-order valence-electron chi connectivity index (χ2n) is 11.1. The molecule has 8 heteroatoms. The van der Waals surface area contributed by atoms with Gasteiger partial charge in [-0.1, -0.05) is 12.6 Å². The fourth-order valence-corrected chi connectivity index (χ4v) is 6.24. The van der Waals surface area contributed by atoms with Crippen LogP contribution in [0.3, 0.4) is 0 Å². The number of halogens is 1. The van der Waals surface area contributed by atoms with Crippen molar-refractivity contribution in [1.82, 2.24) is 15.5 Å². The van der Waals surface area contributed by atoms with Gasteiger partial charge in [0.05, 0.1) is 18.2 Å². The van der Waals surface area contributed by atoms with Crippen molar-refractivity contribution in [2.24, 2.45) is 0 Å². The molecule has 3 atom stereocenters. The Bertz CT molecular complexity index is 1040. The number of nitrogens with one attached hydrogen (secondary N) is 2. The van der Waals surface area contributed by atoms with Crippen molar-refractivity contribution < 1.29 is 23.5 Å². The third-order valence-electron chi connectivity index (χ3n) is 8.69. The van der Waals surface area contributed by atoms with Gasteiger partial charge in [-0.05, 0) is 69.9 Å². The Morgan fingerprint density at radius 3 is 2.75 bits per heavy atom. The molecule has 4 aliphatic rings. The van der Waals surface area contributed by atoms with Gasteiger partial charge in [-0.2, -0.15) is 0 Å².